The largest absolute Gasteiger partial charge is 0.493 e. The Morgan fingerprint density at radius 2 is 1.82 bits per heavy atom. The van der Waals surface area contributed by atoms with Crippen molar-refractivity contribution < 1.29 is 19.1 Å². The molecule has 0 saturated heterocycles. The number of hydrogen-bond acceptors (Lipinski definition) is 4. The van der Waals surface area contributed by atoms with E-state index in [1.807, 2.05) is 41.3 Å². The van der Waals surface area contributed by atoms with E-state index in [9.17, 15) is 9.59 Å². The van der Waals surface area contributed by atoms with Gasteiger partial charge in [0.2, 0.25) is 5.91 Å². The minimum atomic E-state index is -0.0998. The van der Waals surface area contributed by atoms with Gasteiger partial charge in [0, 0.05) is 18.7 Å². The zero-order valence-corrected chi connectivity index (χ0v) is 19.4. The average Bonchev–Trinajstić information content (AvgIpc) is 3.10. The molecule has 0 radical (unpaired) electrons. The van der Waals surface area contributed by atoms with Crippen LogP contribution in [0.5, 0.6) is 11.5 Å². The molecule has 0 bridgehead atoms. The molecule has 1 fully saturated rings. The van der Waals surface area contributed by atoms with Crippen molar-refractivity contribution in [3.05, 3.63) is 70.8 Å². The molecule has 33 heavy (non-hydrogen) atoms. The Bertz CT molecular complexity index is 1030. The predicted molar refractivity (Wildman–Crippen MR) is 127 cm³/mol. The second-order valence-electron chi connectivity index (χ2n) is 8.65. The smallest absolute Gasteiger partial charge is 0.251 e. The number of rotatable bonds is 9. The Hall–Kier alpha value is -3.28. The normalized spacial score (nSPS) is 17.7. The van der Waals surface area contributed by atoms with Crippen molar-refractivity contribution in [3.8, 4) is 11.5 Å². The van der Waals surface area contributed by atoms with Crippen LogP contribution in [0.4, 0.5) is 0 Å². The molecule has 2 amide bonds. The number of nitrogens with one attached hydrogen (secondary N) is 1. The third-order valence-electron chi connectivity index (χ3n) is 6.58. The molecule has 1 aliphatic heterocycles. The van der Waals surface area contributed by atoms with Crippen molar-refractivity contribution in [2.75, 3.05) is 20.8 Å². The quantitative estimate of drug-likeness (QED) is 0.629. The maximum Gasteiger partial charge on any atom is 0.251 e. The lowest BCUT2D eigenvalue weighted by Crippen LogP contribution is -2.36. The molecular weight excluding hydrogens is 416 g/mol. The molecule has 0 spiro atoms. The van der Waals surface area contributed by atoms with Crippen molar-refractivity contribution in [1.29, 1.82) is 0 Å². The van der Waals surface area contributed by atoms with Crippen molar-refractivity contribution in [2.45, 2.75) is 51.1 Å². The first kappa shape index (κ1) is 22.9. The van der Waals surface area contributed by atoms with E-state index in [0.717, 1.165) is 36.8 Å². The first-order chi connectivity index (χ1) is 16.1. The van der Waals surface area contributed by atoms with Crippen LogP contribution >= 0.6 is 0 Å². The number of ether oxygens (including phenoxy) is 2. The van der Waals surface area contributed by atoms with Crippen LogP contribution in [0.3, 0.4) is 0 Å². The minimum absolute atomic E-state index is 0.0239. The summed E-state index contributed by atoms with van der Waals surface area (Å²) >= 11 is 0. The van der Waals surface area contributed by atoms with Gasteiger partial charge >= 0.3 is 0 Å². The van der Waals surface area contributed by atoms with Gasteiger partial charge in [-0.3, -0.25) is 9.59 Å². The fourth-order valence-corrected chi connectivity index (χ4v) is 4.90. The van der Waals surface area contributed by atoms with Crippen LogP contribution in [0.15, 0.2) is 59.7 Å². The average molecular weight is 449 g/mol. The van der Waals surface area contributed by atoms with Crippen molar-refractivity contribution in [2.24, 2.45) is 0 Å². The third kappa shape index (κ3) is 5.21. The van der Waals surface area contributed by atoms with Crippen LogP contribution < -0.4 is 14.8 Å². The van der Waals surface area contributed by atoms with E-state index in [1.165, 1.54) is 5.57 Å². The third-order valence-corrected chi connectivity index (χ3v) is 6.58. The van der Waals surface area contributed by atoms with Crippen LogP contribution in [-0.4, -0.2) is 43.5 Å². The number of hydrogen-bond donors (Lipinski definition) is 1. The first-order valence-electron chi connectivity index (χ1n) is 11.6. The zero-order chi connectivity index (χ0) is 23.2. The van der Waals surface area contributed by atoms with Gasteiger partial charge in [-0.25, -0.2) is 0 Å². The van der Waals surface area contributed by atoms with Gasteiger partial charge < -0.3 is 19.7 Å². The topological polar surface area (TPSA) is 67.9 Å². The van der Waals surface area contributed by atoms with Gasteiger partial charge in [-0.2, -0.15) is 0 Å². The van der Waals surface area contributed by atoms with Crippen LogP contribution in [-0.2, 0) is 22.6 Å². The molecule has 2 aromatic carbocycles. The molecule has 2 aliphatic rings. The van der Waals surface area contributed by atoms with E-state index in [2.05, 4.69) is 17.4 Å². The monoisotopic (exact) mass is 448 g/mol. The highest BCUT2D eigenvalue weighted by molar-refractivity contribution is 6.02. The SMILES string of the molecule is COc1ccc(CCNC(=O)CC2=C3CCCCC3N(Cc3ccccc3)C2=O)cc1OC. The molecule has 1 unspecified atom stereocenters. The summed E-state index contributed by atoms with van der Waals surface area (Å²) in [5.74, 6) is 1.28. The van der Waals surface area contributed by atoms with Crippen molar-refractivity contribution in [1.82, 2.24) is 10.2 Å². The van der Waals surface area contributed by atoms with E-state index in [4.69, 9.17) is 9.47 Å². The predicted octanol–water partition coefficient (Wildman–Crippen LogP) is 4.03. The second kappa shape index (κ2) is 10.6. The summed E-state index contributed by atoms with van der Waals surface area (Å²) in [5, 5.41) is 2.99. The molecule has 1 heterocycles. The summed E-state index contributed by atoms with van der Waals surface area (Å²) in [5.41, 5.74) is 4.06. The Balaban J connectivity index is 1.37. The van der Waals surface area contributed by atoms with Gasteiger partial charge in [-0.1, -0.05) is 42.8 Å². The zero-order valence-electron chi connectivity index (χ0n) is 19.4. The van der Waals surface area contributed by atoms with Gasteiger partial charge in [0.1, 0.15) is 0 Å². The molecule has 174 valence electrons. The second-order valence-corrected chi connectivity index (χ2v) is 8.65. The van der Waals surface area contributed by atoms with E-state index >= 15 is 0 Å². The maximum atomic E-state index is 13.3. The van der Waals surface area contributed by atoms with Crippen LogP contribution in [0.2, 0.25) is 0 Å². The van der Waals surface area contributed by atoms with Crippen LogP contribution in [0, 0.1) is 0 Å². The fourth-order valence-electron chi connectivity index (χ4n) is 4.90. The summed E-state index contributed by atoms with van der Waals surface area (Å²) < 4.78 is 10.6. The summed E-state index contributed by atoms with van der Waals surface area (Å²) in [4.78, 5) is 28.0. The molecule has 6 heteroatoms. The highest BCUT2D eigenvalue weighted by Crippen LogP contribution is 2.38. The van der Waals surface area contributed by atoms with Crippen LogP contribution in [0.1, 0.15) is 43.2 Å². The molecule has 2 aromatic rings. The van der Waals surface area contributed by atoms with Gasteiger partial charge in [-0.05, 0) is 54.5 Å². The minimum Gasteiger partial charge on any atom is -0.493 e. The highest BCUT2D eigenvalue weighted by atomic mass is 16.5. The van der Waals surface area contributed by atoms with Gasteiger partial charge in [0.25, 0.3) is 5.91 Å². The van der Waals surface area contributed by atoms with E-state index in [0.29, 0.717) is 36.6 Å². The number of carbonyl (C=O) groups excluding carboxylic acids is 2. The number of benzene rings is 2. The van der Waals surface area contributed by atoms with Gasteiger partial charge in [0.05, 0.1) is 26.7 Å². The number of amides is 2. The molecule has 1 N–H and O–H groups in total. The lowest BCUT2D eigenvalue weighted by atomic mass is 9.88. The fraction of sp³-hybridized carbons (Fsp3) is 0.407. The first-order valence-corrected chi connectivity index (χ1v) is 11.6. The number of methoxy groups -OCH3 is 2. The summed E-state index contributed by atoms with van der Waals surface area (Å²) in [6.07, 6.45) is 4.94. The maximum absolute atomic E-state index is 13.3. The van der Waals surface area contributed by atoms with Crippen molar-refractivity contribution in [3.63, 3.8) is 0 Å². The molecule has 6 nitrogen and oxygen atoms in total. The Labute approximate surface area is 195 Å². The lowest BCUT2D eigenvalue weighted by Gasteiger charge is -2.30. The lowest BCUT2D eigenvalue weighted by molar-refractivity contribution is -0.129. The molecule has 1 aliphatic carbocycles. The summed E-state index contributed by atoms with van der Waals surface area (Å²) in [6.45, 7) is 1.10. The summed E-state index contributed by atoms with van der Waals surface area (Å²) in [7, 11) is 3.21. The number of carbonyl (C=O) groups is 2. The number of nitrogens with zero attached hydrogens (tertiary/aromatic N) is 1. The van der Waals surface area contributed by atoms with Crippen molar-refractivity contribution >= 4 is 11.8 Å². The molecule has 4 rings (SSSR count). The van der Waals surface area contributed by atoms with E-state index in [-0.39, 0.29) is 24.3 Å². The molecule has 1 saturated carbocycles. The summed E-state index contributed by atoms with van der Waals surface area (Å²) in [6, 6.07) is 16.0. The highest BCUT2D eigenvalue weighted by Gasteiger charge is 2.40. The number of fused-ring (bicyclic) bond motifs is 1. The molecular formula is C27H32N2O4. The van der Waals surface area contributed by atoms with Gasteiger partial charge in [0.15, 0.2) is 11.5 Å². The molecule has 1 atom stereocenters. The standard InChI is InChI=1S/C27H32N2O4/c1-32-24-13-12-19(16-25(24)33-2)14-15-28-26(30)17-22-21-10-6-7-11-23(21)29(27(22)31)18-20-8-4-3-5-9-20/h3-5,8-9,12-13,16,23H,6-7,10-11,14-15,17-18H2,1-2H3,(H,28,30). The van der Waals surface area contributed by atoms with E-state index < -0.39 is 0 Å². The van der Waals surface area contributed by atoms with E-state index in [1.54, 1.807) is 14.2 Å². The Morgan fingerprint density at radius 3 is 2.58 bits per heavy atom. The van der Waals surface area contributed by atoms with Crippen LogP contribution in [0.25, 0.3) is 0 Å². The molecule has 0 aromatic heterocycles. The van der Waals surface area contributed by atoms with Gasteiger partial charge in [-0.15, -0.1) is 0 Å². The Kier molecular flexibility index (Phi) is 7.33. The Morgan fingerprint density at radius 1 is 1.03 bits per heavy atom.